The number of carbonyl (C=O) groups excluding carboxylic acids is 2. The Morgan fingerprint density at radius 1 is 0.939 bits per heavy atom. The summed E-state index contributed by atoms with van der Waals surface area (Å²) < 4.78 is 18.7. The van der Waals surface area contributed by atoms with Crippen molar-refractivity contribution < 1.29 is 18.7 Å². The maximum absolute atomic E-state index is 13.5. The van der Waals surface area contributed by atoms with Gasteiger partial charge in [-0.1, -0.05) is 54.6 Å². The third-order valence-electron chi connectivity index (χ3n) is 5.38. The van der Waals surface area contributed by atoms with Crippen molar-refractivity contribution in [1.82, 2.24) is 10.2 Å². The number of methoxy groups -OCH3 is 1. The van der Waals surface area contributed by atoms with E-state index in [9.17, 15) is 14.0 Å². The number of nitrogens with one attached hydrogen (secondary N) is 1. The van der Waals surface area contributed by atoms with Crippen LogP contribution in [0.4, 0.5) is 4.39 Å². The molecule has 5 nitrogen and oxygen atoms in total. The lowest BCUT2D eigenvalue weighted by molar-refractivity contribution is -0.140. The number of rotatable bonds is 10. The molecule has 0 heterocycles. The van der Waals surface area contributed by atoms with Crippen LogP contribution in [-0.2, 0) is 29.0 Å². The summed E-state index contributed by atoms with van der Waals surface area (Å²) in [4.78, 5) is 28.2. The van der Waals surface area contributed by atoms with Crippen LogP contribution in [0.2, 0.25) is 0 Å². The van der Waals surface area contributed by atoms with Gasteiger partial charge >= 0.3 is 0 Å². The number of amides is 2. The van der Waals surface area contributed by atoms with Crippen molar-refractivity contribution in [1.29, 1.82) is 0 Å². The van der Waals surface area contributed by atoms with Gasteiger partial charge in [-0.2, -0.15) is 0 Å². The number of hydrogen-bond donors (Lipinski definition) is 1. The third kappa shape index (κ3) is 6.91. The molecule has 6 heteroatoms. The molecule has 0 unspecified atom stereocenters. The Morgan fingerprint density at radius 2 is 1.64 bits per heavy atom. The van der Waals surface area contributed by atoms with E-state index in [1.165, 1.54) is 12.1 Å². The molecule has 0 radical (unpaired) electrons. The zero-order chi connectivity index (χ0) is 23.6. The molecule has 172 valence electrons. The minimum atomic E-state index is -0.702. The van der Waals surface area contributed by atoms with Crippen LogP contribution in [0.3, 0.4) is 0 Å². The highest BCUT2D eigenvalue weighted by Crippen LogP contribution is 2.19. The molecular weight excluding hydrogens is 419 g/mol. The van der Waals surface area contributed by atoms with Crippen molar-refractivity contribution in [3.05, 3.63) is 101 Å². The first-order chi connectivity index (χ1) is 16.0. The van der Waals surface area contributed by atoms with E-state index in [4.69, 9.17) is 4.74 Å². The molecule has 0 aliphatic rings. The van der Waals surface area contributed by atoms with Crippen LogP contribution in [0.25, 0.3) is 0 Å². The van der Waals surface area contributed by atoms with Gasteiger partial charge in [0.15, 0.2) is 0 Å². The average Bonchev–Trinajstić information content (AvgIpc) is 2.83. The van der Waals surface area contributed by atoms with E-state index in [2.05, 4.69) is 5.32 Å². The normalized spacial score (nSPS) is 11.5. The lowest BCUT2D eigenvalue weighted by Gasteiger charge is -2.31. The lowest BCUT2D eigenvalue weighted by atomic mass is 10.0. The summed E-state index contributed by atoms with van der Waals surface area (Å²) in [6, 6.07) is 22.2. The summed E-state index contributed by atoms with van der Waals surface area (Å²) in [5, 5.41) is 2.87. The number of benzene rings is 3. The average molecular weight is 449 g/mol. The van der Waals surface area contributed by atoms with E-state index in [1.54, 1.807) is 24.1 Å². The standard InChI is InChI=1S/C27H29FN2O3/c1-3-29-27(32)25(17-20-8-5-4-6-9-20)30(19-22-10-7-11-24(16-22)33-2)26(31)18-21-12-14-23(28)15-13-21/h4-16,25H,3,17-19H2,1-2H3,(H,29,32)/t25-/m1/s1. The molecular formula is C27H29FN2O3. The maximum Gasteiger partial charge on any atom is 0.243 e. The first-order valence-corrected chi connectivity index (χ1v) is 11.0. The van der Waals surface area contributed by atoms with Gasteiger partial charge in [0.05, 0.1) is 13.5 Å². The zero-order valence-corrected chi connectivity index (χ0v) is 19.0. The SMILES string of the molecule is CCNC(=O)[C@@H](Cc1ccccc1)N(Cc1cccc(OC)c1)C(=O)Cc1ccc(F)cc1. The van der Waals surface area contributed by atoms with Gasteiger partial charge in [-0.15, -0.1) is 0 Å². The third-order valence-corrected chi connectivity index (χ3v) is 5.38. The highest BCUT2D eigenvalue weighted by Gasteiger charge is 2.30. The van der Waals surface area contributed by atoms with Crippen LogP contribution >= 0.6 is 0 Å². The van der Waals surface area contributed by atoms with Crippen LogP contribution in [-0.4, -0.2) is 36.4 Å². The molecule has 0 spiro atoms. The molecule has 2 amide bonds. The number of likely N-dealkylation sites (N-methyl/N-ethyl adjacent to an activating group) is 1. The Balaban J connectivity index is 1.95. The highest BCUT2D eigenvalue weighted by atomic mass is 19.1. The fourth-order valence-corrected chi connectivity index (χ4v) is 3.69. The van der Waals surface area contributed by atoms with Crippen LogP contribution in [0, 0.1) is 5.82 Å². The molecule has 0 aliphatic heterocycles. The monoisotopic (exact) mass is 448 g/mol. The Kier molecular flexibility index (Phi) is 8.58. The van der Waals surface area contributed by atoms with Crippen molar-refractivity contribution in [2.45, 2.75) is 32.4 Å². The lowest BCUT2D eigenvalue weighted by Crippen LogP contribution is -2.50. The van der Waals surface area contributed by atoms with Crippen molar-refractivity contribution in [3.63, 3.8) is 0 Å². The van der Waals surface area contributed by atoms with Crippen molar-refractivity contribution >= 4 is 11.8 Å². The van der Waals surface area contributed by atoms with E-state index in [0.717, 1.165) is 11.1 Å². The smallest absolute Gasteiger partial charge is 0.243 e. The van der Waals surface area contributed by atoms with Gasteiger partial charge in [-0.05, 0) is 47.9 Å². The van der Waals surface area contributed by atoms with Gasteiger partial charge in [-0.3, -0.25) is 9.59 Å². The molecule has 0 aromatic heterocycles. The first-order valence-electron chi connectivity index (χ1n) is 11.0. The quantitative estimate of drug-likeness (QED) is 0.507. The summed E-state index contributed by atoms with van der Waals surface area (Å²) in [6.45, 7) is 2.55. The molecule has 0 fully saturated rings. The van der Waals surface area contributed by atoms with Gasteiger partial charge in [0.1, 0.15) is 17.6 Å². The molecule has 3 aromatic carbocycles. The summed E-state index contributed by atoms with van der Waals surface area (Å²) in [6.07, 6.45) is 0.445. The van der Waals surface area contributed by atoms with E-state index < -0.39 is 6.04 Å². The Labute approximate surface area is 194 Å². The second kappa shape index (κ2) is 11.8. The molecule has 0 saturated heterocycles. The summed E-state index contributed by atoms with van der Waals surface area (Å²) in [7, 11) is 1.59. The van der Waals surface area contributed by atoms with Gasteiger partial charge in [-0.25, -0.2) is 4.39 Å². The number of halogens is 1. The van der Waals surface area contributed by atoms with Gasteiger partial charge in [0, 0.05) is 19.5 Å². The Bertz CT molecular complexity index is 1050. The van der Waals surface area contributed by atoms with Crippen molar-refractivity contribution in [2.75, 3.05) is 13.7 Å². The van der Waals surface area contributed by atoms with Gasteiger partial charge in [0.25, 0.3) is 0 Å². The Hall–Kier alpha value is -3.67. The second-order valence-corrected chi connectivity index (χ2v) is 7.78. The molecule has 1 atom stereocenters. The molecule has 3 aromatic rings. The predicted octanol–water partition coefficient (Wildman–Crippen LogP) is 4.15. The van der Waals surface area contributed by atoms with Crippen LogP contribution in [0.5, 0.6) is 5.75 Å². The van der Waals surface area contributed by atoms with E-state index >= 15 is 0 Å². The summed E-state index contributed by atoms with van der Waals surface area (Å²) >= 11 is 0. The van der Waals surface area contributed by atoms with Gasteiger partial charge < -0.3 is 15.0 Å². The number of nitrogens with zero attached hydrogens (tertiary/aromatic N) is 1. The van der Waals surface area contributed by atoms with Crippen LogP contribution in [0.1, 0.15) is 23.6 Å². The van der Waals surface area contributed by atoms with E-state index in [1.807, 2.05) is 61.5 Å². The van der Waals surface area contributed by atoms with Crippen molar-refractivity contribution in [2.24, 2.45) is 0 Å². The number of ether oxygens (including phenoxy) is 1. The largest absolute Gasteiger partial charge is 0.497 e. The fraction of sp³-hybridized carbons (Fsp3) is 0.259. The maximum atomic E-state index is 13.5. The van der Waals surface area contributed by atoms with E-state index in [0.29, 0.717) is 24.3 Å². The van der Waals surface area contributed by atoms with E-state index in [-0.39, 0.29) is 30.6 Å². The summed E-state index contributed by atoms with van der Waals surface area (Å²) in [5.41, 5.74) is 2.49. The van der Waals surface area contributed by atoms with Gasteiger partial charge in [0.2, 0.25) is 11.8 Å². The first kappa shape index (κ1) is 24.0. The fourth-order valence-electron chi connectivity index (χ4n) is 3.69. The van der Waals surface area contributed by atoms with Crippen LogP contribution < -0.4 is 10.1 Å². The minimum Gasteiger partial charge on any atom is -0.497 e. The molecule has 0 aliphatic carbocycles. The number of hydrogen-bond acceptors (Lipinski definition) is 3. The molecule has 3 rings (SSSR count). The molecule has 1 N–H and O–H groups in total. The molecule has 0 bridgehead atoms. The number of carbonyl (C=O) groups is 2. The second-order valence-electron chi connectivity index (χ2n) is 7.78. The predicted molar refractivity (Wildman–Crippen MR) is 126 cm³/mol. The van der Waals surface area contributed by atoms with Crippen LogP contribution in [0.15, 0.2) is 78.9 Å². The minimum absolute atomic E-state index is 0.0644. The zero-order valence-electron chi connectivity index (χ0n) is 19.0. The topological polar surface area (TPSA) is 58.6 Å². The molecule has 0 saturated carbocycles. The summed E-state index contributed by atoms with van der Waals surface area (Å²) in [5.74, 6) is -0.104. The van der Waals surface area contributed by atoms with Crippen molar-refractivity contribution in [3.8, 4) is 5.75 Å². The Morgan fingerprint density at radius 3 is 2.30 bits per heavy atom. The molecule has 33 heavy (non-hydrogen) atoms. The highest BCUT2D eigenvalue weighted by molar-refractivity contribution is 5.88.